The highest BCUT2D eigenvalue weighted by atomic mass is 19.1. The van der Waals surface area contributed by atoms with E-state index >= 15 is 0 Å². The molecular weight excluding hydrogens is 277 g/mol. The van der Waals surface area contributed by atoms with E-state index < -0.39 is 11.9 Å². The van der Waals surface area contributed by atoms with Crippen molar-refractivity contribution in [2.45, 2.75) is 19.4 Å². The van der Waals surface area contributed by atoms with Crippen molar-refractivity contribution in [3.05, 3.63) is 35.9 Å². The molecule has 1 atom stereocenters. The summed E-state index contributed by atoms with van der Waals surface area (Å²) in [6.07, 6.45) is -0.0250. The van der Waals surface area contributed by atoms with Gasteiger partial charge in [-0.1, -0.05) is 0 Å². The molecule has 2 heterocycles. The number of hydrogen-bond acceptors (Lipinski definition) is 4. The van der Waals surface area contributed by atoms with Crippen molar-refractivity contribution < 1.29 is 14.0 Å². The Morgan fingerprint density at radius 3 is 2.86 bits per heavy atom. The van der Waals surface area contributed by atoms with Gasteiger partial charge in [0.2, 0.25) is 17.8 Å². The second-order valence-corrected chi connectivity index (χ2v) is 4.69. The molecule has 2 aromatic rings. The summed E-state index contributed by atoms with van der Waals surface area (Å²) in [7, 11) is 0. The maximum absolute atomic E-state index is 12.8. The SMILES string of the molecule is Cc1nc2n(n1)[C@@H](C(=O)Nc1ccc(F)cc1)CC(=O)N2. The number of benzene rings is 1. The van der Waals surface area contributed by atoms with E-state index in [1.807, 2.05) is 0 Å². The zero-order valence-corrected chi connectivity index (χ0v) is 11.1. The van der Waals surface area contributed by atoms with Gasteiger partial charge in [-0.3, -0.25) is 14.9 Å². The lowest BCUT2D eigenvalue weighted by Crippen LogP contribution is -2.36. The van der Waals surface area contributed by atoms with Gasteiger partial charge in [-0.25, -0.2) is 9.07 Å². The number of rotatable bonds is 2. The third-order valence-electron chi connectivity index (χ3n) is 3.08. The molecule has 0 unspecified atom stereocenters. The lowest BCUT2D eigenvalue weighted by atomic mass is 10.1. The number of hydrogen-bond donors (Lipinski definition) is 2. The summed E-state index contributed by atoms with van der Waals surface area (Å²) in [5.74, 6) is -0.370. The van der Waals surface area contributed by atoms with Crippen molar-refractivity contribution in [3.63, 3.8) is 0 Å². The summed E-state index contributed by atoms with van der Waals surface area (Å²) in [5.41, 5.74) is 0.450. The predicted molar refractivity (Wildman–Crippen MR) is 72.1 cm³/mol. The fourth-order valence-electron chi connectivity index (χ4n) is 2.13. The Morgan fingerprint density at radius 1 is 1.43 bits per heavy atom. The first-order valence-corrected chi connectivity index (χ1v) is 6.32. The van der Waals surface area contributed by atoms with Crippen LogP contribution >= 0.6 is 0 Å². The first-order valence-electron chi connectivity index (χ1n) is 6.32. The van der Waals surface area contributed by atoms with Crippen LogP contribution in [-0.4, -0.2) is 26.6 Å². The largest absolute Gasteiger partial charge is 0.324 e. The number of nitrogens with one attached hydrogen (secondary N) is 2. The zero-order chi connectivity index (χ0) is 15.0. The number of amides is 2. The lowest BCUT2D eigenvalue weighted by molar-refractivity contribution is -0.125. The molecule has 0 saturated heterocycles. The number of carbonyl (C=O) groups excluding carboxylic acids is 2. The molecule has 2 N–H and O–H groups in total. The van der Waals surface area contributed by atoms with Crippen LogP contribution < -0.4 is 10.6 Å². The van der Waals surface area contributed by atoms with Gasteiger partial charge in [0.25, 0.3) is 0 Å². The van der Waals surface area contributed by atoms with Crippen molar-refractivity contribution in [3.8, 4) is 0 Å². The third kappa shape index (κ3) is 2.60. The Morgan fingerprint density at radius 2 is 2.14 bits per heavy atom. The Balaban J connectivity index is 1.84. The van der Waals surface area contributed by atoms with Gasteiger partial charge in [0, 0.05) is 5.69 Å². The zero-order valence-electron chi connectivity index (χ0n) is 11.1. The number of carbonyl (C=O) groups is 2. The Bertz CT molecular complexity index is 710. The molecule has 21 heavy (non-hydrogen) atoms. The third-order valence-corrected chi connectivity index (χ3v) is 3.08. The highest BCUT2D eigenvalue weighted by Gasteiger charge is 2.32. The van der Waals surface area contributed by atoms with Gasteiger partial charge < -0.3 is 5.32 Å². The minimum absolute atomic E-state index is 0.0250. The molecule has 0 saturated carbocycles. The van der Waals surface area contributed by atoms with Crippen molar-refractivity contribution in [2.75, 3.05) is 10.6 Å². The number of halogens is 1. The summed E-state index contributed by atoms with van der Waals surface area (Å²) in [6, 6.07) is 4.61. The second kappa shape index (κ2) is 4.97. The minimum Gasteiger partial charge on any atom is -0.324 e. The Hall–Kier alpha value is -2.77. The standard InChI is InChI=1S/C13H12FN5O2/c1-7-15-13-17-11(20)6-10(19(13)18-7)12(21)16-9-4-2-8(14)3-5-9/h2-5,10H,6H2,1H3,(H,16,21)(H,15,17,18,20)/t10-/m1/s1. The lowest BCUT2D eigenvalue weighted by Gasteiger charge is -2.22. The van der Waals surface area contributed by atoms with Crippen LogP contribution in [0, 0.1) is 12.7 Å². The van der Waals surface area contributed by atoms with E-state index in [-0.39, 0.29) is 24.1 Å². The fraction of sp³-hybridized carbons (Fsp3) is 0.231. The molecule has 0 bridgehead atoms. The summed E-state index contributed by atoms with van der Waals surface area (Å²) in [5, 5.41) is 9.31. The quantitative estimate of drug-likeness (QED) is 0.870. The van der Waals surface area contributed by atoms with E-state index in [0.717, 1.165) is 0 Å². The topological polar surface area (TPSA) is 88.9 Å². The monoisotopic (exact) mass is 289 g/mol. The molecule has 0 spiro atoms. The van der Waals surface area contributed by atoms with Crippen molar-refractivity contribution >= 4 is 23.5 Å². The van der Waals surface area contributed by atoms with Gasteiger partial charge in [0.1, 0.15) is 17.7 Å². The molecule has 1 aromatic heterocycles. The molecule has 0 fully saturated rings. The van der Waals surface area contributed by atoms with Crippen LogP contribution in [0.1, 0.15) is 18.3 Å². The van der Waals surface area contributed by atoms with E-state index in [1.165, 1.54) is 28.9 Å². The van der Waals surface area contributed by atoms with Crippen molar-refractivity contribution in [1.82, 2.24) is 14.8 Å². The predicted octanol–water partition coefficient (Wildman–Crippen LogP) is 1.25. The van der Waals surface area contributed by atoms with E-state index in [1.54, 1.807) is 6.92 Å². The molecule has 0 radical (unpaired) electrons. The van der Waals surface area contributed by atoms with Crippen LogP contribution in [-0.2, 0) is 9.59 Å². The van der Waals surface area contributed by atoms with Crippen LogP contribution in [0.5, 0.6) is 0 Å². The molecule has 7 nitrogen and oxygen atoms in total. The molecule has 1 aliphatic heterocycles. The molecule has 2 amide bonds. The van der Waals surface area contributed by atoms with Gasteiger partial charge in [-0.15, -0.1) is 0 Å². The van der Waals surface area contributed by atoms with Crippen LogP contribution in [0.3, 0.4) is 0 Å². The Labute approximate surface area is 119 Å². The van der Waals surface area contributed by atoms with Crippen molar-refractivity contribution in [2.24, 2.45) is 0 Å². The highest BCUT2D eigenvalue weighted by Crippen LogP contribution is 2.24. The smallest absolute Gasteiger partial charge is 0.249 e. The summed E-state index contributed by atoms with van der Waals surface area (Å²) in [6.45, 7) is 1.67. The van der Waals surface area contributed by atoms with E-state index in [9.17, 15) is 14.0 Å². The second-order valence-electron chi connectivity index (χ2n) is 4.69. The van der Waals surface area contributed by atoms with Gasteiger partial charge in [0.15, 0.2) is 0 Å². The number of fused-ring (bicyclic) bond motifs is 1. The fourth-order valence-corrected chi connectivity index (χ4v) is 2.13. The molecule has 108 valence electrons. The molecule has 1 aromatic carbocycles. The highest BCUT2D eigenvalue weighted by molar-refractivity contribution is 6.00. The molecule has 0 aliphatic carbocycles. The van der Waals surface area contributed by atoms with Crippen molar-refractivity contribution in [1.29, 1.82) is 0 Å². The van der Waals surface area contributed by atoms with Crippen LogP contribution in [0.2, 0.25) is 0 Å². The van der Waals surface area contributed by atoms with E-state index in [4.69, 9.17) is 0 Å². The maximum Gasteiger partial charge on any atom is 0.249 e. The normalized spacial score (nSPS) is 17.0. The summed E-state index contributed by atoms with van der Waals surface area (Å²) < 4.78 is 14.2. The van der Waals surface area contributed by atoms with Crippen LogP contribution in [0.4, 0.5) is 16.0 Å². The average molecular weight is 289 g/mol. The van der Waals surface area contributed by atoms with Crippen LogP contribution in [0.15, 0.2) is 24.3 Å². The molecule has 3 rings (SSSR count). The van der Waals surface area contributed by atoms with Gasteiger partial charge >= 0.3 is 0 Å². The number of anilines is 2. The van der Waals surface area contributed by atoms with Gasteiger partial charge in [0.05, 0.1) is 6.42 Å². The van der Waals surface area contributed by atoms with E-state index in [2.05, 4.69) is 20.7 Å². The molecule has 1 aliphatic rings. The molecular formula is C13H12FN5O2. The summed E-state index contributed by atoms with van der Waals surface area (Å²) in [4.78, 5) is 28.0. The minimum atomic E-state index is -0.778. The average Bonchev–Trinajstić information content (AvgIpc) is 2.80. The number of nitrogens with zero attached hydrogens (tertiary/aromatic N) is 3. The number of aromatic nitrogens is 3. The summed E-state index contributed by atoms with van der Waals surface area (Å²) >= 11 is 0. The van der Waals surface area contributed by atoms with Gasteiger partial charge in [-0.05, 0) is 31.2 Å². The Kier molecular flexibility index (Phi) is 3.13. The first-order chi connectivity index (χ1) is 10.0. The van der Waals surface area contributed by atoms with E-state index in [0.29, 0.717) is 11.5 Å². The van der Waals surface area contributed by atoms with Crippen LogP contribution in [0.25, 0.3) is 0 Å². The molecule has 8 heteroatoms. The number of aryl methyl sites for hydroxylation is 1. The maximum atomic E-state index is 12.8. The first kappa shape index (κ1) is 13.2. The van der Waals surface area contributed by atoms with Gasteiger partial charge in [-0.2, -0.15) is 10.1 Å².